The number of anilines is 1. The molecule has 0 aromatic heterocycles. The van der Waals surface area contributed by atoms with Crippen LogP contribution in [0.4, 0.5) is 5.69 Å². The van der Waals surface area contributed by atoms with Gasteiger partial charge in [0.1, 0.15) is 5.75 Å². The number of hydrogen-bond donors (Lipinski definition) is 1. The van der Waals surface area contributed by atoms with Crippen molar-refractivity contribution in [2.75, 3.05) is 65.4 Å². The minimum Gasteiger partial charge on any atom is -0.493 e. The van der Waals surface area contributed by atoms with E-state index in [-0.39, 0.29) is 11.9 Å². The van der Waals surface area contributed by atoms with E-state index < -0.39 is 0 Å². The largest absolute Gasteiger partial charge is 0.493 e. The molecule has 0 saturated carbocycles. The van der Waals surface area contributed by atoms with Gasteiger partial charge in [-0.05, 0) is 26.6 Å². The van der Waals surface area contributed by atoms with Crippen LogP contribution in [0.5, 0.6) is 5.75 Å². The predicted molar refractivity (Wildman–Crippen MR) is 108 cm³/mol. The first-order valence-electron chi connectivity index (χ1n) is 9.21. The summed E-state index contributed by atoms with van der Waals surface area (Å²) < 4.78 is 5.71. The van der Waals surface area contributed by atoms with E-state index in [1.165, 1.54) is 0 Å². The van der Waals surface area contributed by atoms with E-state index >= 15 is 0 Å². The summed E-state index contributed by atoms with van der Waals surface area (Å²) in [5.41, 5.74) is 1.32. The molecule has 2 rings (SSSR count). The Morgan fingerprint density at radius 1 is 1.31 bits per heavy atom. The van der Waals surface area contributed by atoms with E-state index in [0.717, 1.165) is 38.4 Å². The molecule has 1 saturated heterocycles. The highest BCUT2D eigenvalue weighted by molar-refractivity contribution is 6.33. The Kier molecular flexibility index (Phi) is 7.55. The second-order valence-corrected chi connectivity index (χ2v) is 7.36. The molecule has 1 aromatic carbocycles. The van der Waals surface area contributed by atoms with Gasteiger partial charge in [-0.15, -0.1) is 0 Å². The molecule has 1 atom stereocenters. The average Bonchev–Trinajstić information content (AvgIpc) is 2.76. The topological polar surface area (TPSA) is 48.1 Å². The summed E-state index contributed by atoms with van der Waals surface area (Å²) in [6.07, 6.45) is 0. The lowest BCUT2D eigenvalue weighted by molar-refractivity contribution is 0.0921. The number of amides is 1. The number of ether oxygens (including phenoxy) is 1. The maximum atomic E-state index is 13.0. The molecule has 1 aliphatic rings. The van der Waals surface area contributed by atoms with Crippen molar-refractivity contribution in [2.24, 2.45) is 0 Å². The summed E-state index contributed by atoms with van der Waals surface area (Å²) in [6.45, 7) is 9.23. The lowest BCUT2D eigenvalue weighted by Gasteiger charge is -2.24. The van der Waals surface area contributed by atoms with Crippen molar-refractivity contribution in [1.29, 1.82) is 0 Å². The van der Waals surface area contributed by atoms with Gasteiger partial charge in [-0.1, -0.05) is 18.5 Å². The molecule has 1 heterocycles. The second-order valence-electron chi connectivity index (χ2n) is 6.95. The predicted octanol–water partition coefficient (Wildman–Crippen LogP) is 2.17. The fraction of sp³-hybridized carbons (Fsp3) is 0.632. The van der Waals surface area contributed by atoms with Crippen molar-refractivity contribution in [3.8, 4) is 5.75 Å². The minimum atomic E-state index is -0.142. The molecular formula is C19H31ClN4O2. The molecule has 146 valence electrons. The summed E-state index contributed by atoms with van der Waals surface area (Å²) in [5, 5.41) is 3.71. The fourth-order valence-electron chi connectivity index (χ4n) is 3.22. The first-order valence-corrected chi connectivity index (χ1v) is 9.58. The van der Waals surface area contributed by atoms with Crippen molar-refractivity contribution in [2.45, 2.75) is 19.9 Å². The van der Waals surface area contributed by atoms with Crippen LogP contribution in [0.25, 0.3) is 0 Å². The van der Waals surface area contributed by atoms with Crippen LogP contribution in [0.1, 0.15) is 24.2 Å². The molecule has 0 aliphatic carbocycles. The smallest absolute Gasteiger partial charge is 0.255 e. The lowest BCUT2D eigenvalue weighted by Crippen LogP contribution is -2.46. The molecular weight excluding hydrogens is 352 g/mol. The average molecular weight is 383 g/mol. The Morgan fingerprint density at radius 2 is 2.04 bits per heavy atom. The highest BCUT2D eigenvalue weighted by Crippen LogP contribution is 2.32. The van der Waals surface area contributed by atoms with Crippen LogP contribution in [0.3, 0.4) is 0 Å². The van der Waals surface area contributed by atoms with Gasteiger partial charge in [0, 0.05) is 46.3 Å². The van der Waals surface area contributed by atoms with Crippen molar-refractivity contribution >= 4 is 23.2 Å². The summed E-state index contributed by atoms with van der Waals surface area (Å²) in [5.74, 6) is 0.421. The summed E-state index contributed by atoms with van der Waals surface area (Å²) in [6, 6.07) is 3.60. The highest BCUT2D eigenvalue weighted by Gasteiger charge is 2.24. The SMILES string of the molecule is CCOc1cc(N(C)C)c(Cl)cc1C(=O)NC1CN(C)CCN(CC)C1. The van der Waals surface area contributed by atoms with E-state index in [1.54, 1.807) is 6.07 Å². The van der Waals surface area contributed by atoms with Gasteiger partial charge >= 0.3 is 0 Å². The van der Waals surface area contributed by atoms with E-state index in [9.17, 15) is 4.79 Å². The van der Waals surface area contributed by atoms with Crippen LogP contribution >= 0.6 is 11.6 Å². The molecule has 1 unspecified atom stereocenters. The molecule has 1 fully saturated rings. The maximum Gasteiger partial charge on any atom is 0.255 e. The van der Waals surface area contributed by atoms with Crippen LogP contribution < -0.4 is 15.0 Å². The van der Waals surface area contributed by atoms with Gasteiger partial charge in [-0.2, -0.15) is 0 Å². The minimum absolute atomic E-state index is 0.0664. The summed E-state index contributed by atoms with van der Waals surface area (Å²) in [7, 11) is 5.92. The highest BCUT2D eigenvalue weighted by atomic mass is 35.5. The van der Waals surface area contributed by atoms with Crippen LogP contribution in [-0.2, 0) is 0 Å². The fourth-order valence-corrected chi connectivity index (χ4v) is 3.55. The van der Waals surface area contributed by atoms with Crippen molar-refractivity contribution < 1.29 is 9.53 Å². The first-order chi connectivity index (χ1) is 12.3. The molecule has 0 radical (unpaired) electrons. The van der Waals surface area contributed by atoms with E-state index in [0.29, 0.717) is 22.9 Å². The Morgan fingerprint density at radius 3 is 2.65 bits per heavy atom. The Labute approximate surface area is 162 Å². The van der Waals surface area contributed by atoms with E-state index in [1.807, 2.05) is 32.0 Å². The van der Waals surface area contributed by atoms with Gasteiger partial charge in [-0.25, -0.2) is 0 Å². The molecule has 1 amide bonds. The number of benzene rings is 1. The van der Waals surface area contributed by atoms with Gasteiger partial charge in [0.25, 0.3) is 5.91 Å². The third-order valence-electron chi connectivity index (χ3n) is 4.67. The molecule has 7 heteroatoms. The summed E-state index contributed by atoms with van der Waals surface area (Å²) >= 11 is 6.38. The molecule has 0 bridgehead atoms. The molecule has 0 spiro atoms. The van der Waals surface area contributed by atoms with Crippen LogP contribution in [0.15, 0.2) is 12.1 Å². The summed E-state index contributed by atoms with van der Waals surface area (Å²) in [4.78, 5) is 19.5. The number of nitrogens with one attached hydrogen (secondary N) is 1. The molecule has 6 nitrogen and oxygen atoms in total. The maximum absolute atomic E-state index is 13.0. The molecule has 1 aliphatic heterocycles. The van der Waals surface area contributed by atoms with E-state index in [4.69, 9.17) is 16.3 Å². The zero-order valence-electron chi connectivity index (χ0n) is 16.5. The number of rotatable bonds is 6. The van der Waals surface area contributed by atoms with Gasteiger partial charge in [0.15, 0.2) is 0 Å². The Balaban J connectivity index is 2.23. The molecule has 1 N–H and O–H groups in total. The van der Waals surface area contributed by atoms with Crippen molar-refractivity contribution in [3.05, 3.63) is 22.7 Å². The normalized spacial score (nSPS) is 19.1. The zero-order valence-corrected chi connectivity index (χ0v) is 17.3. The number of nitrogens with zero attached hydrogens (tertiary/aromatic N) is 3. The van der Waals surface area contributed by atoms with Crippen molar-refractivity contribution in [1.82, 2.24) is 15.1 Å². The van der Waals surface area contributed by atoms with Crippen LogP contribution in [0.2, 0.25) is 5.02 Å². The third kappa shape index (κ3) is 5.25. The quantitative estimate of drug-likeness (QED) is 0.817. The van der Waals surface area contributed by atoms with Gasteiger partial charge in [0.2, 0.25) is 0 Å². The Bertz CT molecular complexity index is 624. The van der Waals surface area contributed by atoms with Crippen LogP contribution in [0, 0.1) is 0 Å². The van der Waals surface area contributed by atoms with Gasteiger partial charge in [0.05, 0.1) is 28.9 Å². The number of hydrogen-bond acceptors (Lipinski definition) is 5. The molecule has 1 aromatic rings. The first kappa shape index (κ1) is 20.8. The number of carbonyl (C=O) groups excluding carboxylic acids is 1. The van der Waals surface area contributed by atoms with Gasteiger partial charge < -0.3 is 24.8 Å². The number of likely N-dealkylation sites (N-methyl/N-ethyl adjacent to an activating group) is 2. The standard InChI is InChI=1S/C19H31ClN4O2/c1-6-24-9-8-23(5)12-14(13-24)21-19(25)15-10-16(20)17(22(3)4)11-18(15)26-7-2/h10-11,14H,6-9,12-13H2,1-5H3,(H,21,25). The van der Waals surface area contributed by atoms with Crippen molar-refractivity contribution in [3.63, 3.8) is 0 Å². The second kappa shape index (κ2) is 9.44. The van der Waals surface area contributed by atoms with Gasteiger partial charge in [-0.3, -0.25) is 4.79 Å². The third-order valence-corrected chi connectivity index (χ3v) is 4.97. The number of halogens is 1. The zero-order chi connectivity index (χ0) is 19.3. The van der Waals surface area contributed by atoms with Crippen LogP contribution in [-0.4, -0.2) is 82.2 Å². The number of carbonyl (C=O) groups is 1. The monoisotopic (exact) mass is 382 g/mol. The Hall–Kier alpha value is -1.50. The molecule has 26 heavy (non-hydrogen) atoms. The lowest BCUT2D eigenvalue weighted by atomic mass is 10.1. The van der Waals surface area contributed by atoms with E-state index in [2.05, 4.69) is 29.1 Å².